The van der Waals surface area contributed by atoms with Gasteiger partial charge in [-0.1, -0.05) is 47.6 Å². The minimum atomic E-state index is -0.109. The Hall–Kier alpha value is -1.35. The fraction of sp³-hybridized carbons (Fsp3) is 0.588. The van der Waals surface area contributed by atoms with Crippen molar-refractivity contribution in [3.05, 3.63) is 28.8 Å². The summed E-state index contributed by atoms with van der Waals surface area (Å²) in [4.78, 5) is 4.26. The highest BCUT2D eigenvalue weighted by Crippen LogP contribution is 2.36. The molecule has 0 fully saturated rings. The molecule has 1 aromatic rings. The second-order valence-electron chi connectivity index (χ2n) is 7.29. The van der Waals surface area contributed by atoms with Gasteiger partial charge in [-0.15, -0.1) is 0 Å². The van der Waals surface area contributed by atoms with E-state index in [2.05, 4.69) is 52.6 Å². The van der Waals surface area contributed by atoms with E-state index in [9.17, 15) is 5.11 Å². The second kappa shape index (κ2) is 5.96. The zero-order valence-corrected chi connectivity index (χ0v) is 13.6. The van der Waals surface area contributed by atoms with E-state index in [1.807, 2.05) is 6.07 Å². The van der Waals surface area contributed by atoms with Crippen LogP contribution in [0.3, 0.4) is 0 Å². The first kappa shape index (κ1) is 16.7. The fourth-order valence-electron chi connectivity index (χ4n) is 2.00. The SMILES string of the molecule is CC(C)(C)c1cc(C=NCCN)c(O)c(C(C)(C)C)c1. The fourth-order valence-corrected chi connectivity index (χ4v) is 2.00. The third-order valence-corrected chi connectivity index (χ3v) is 3.30. The quantitative estimate of drug-likeness (QED) is 0.832. The Morgan fingerprint density at radius 2 is 1.70 bits per heavy atom. The first-order chi connectivity index (χ1) is 9.07. The van der Waals surface area contributed by atoms with Crippen molar-refractivity contribution < 1.29 is 5.11 Å². The molecule has 0 aromatic heterocycles. The van der Waals surface area contributed by atoms with E-state index >= 15 is 0 Å². The van der Waals surface area contributed by atoms with Crippen LogP contribution in [0.4, 0.5) is 0 Å². The van der Waals surface area contributed by atoms with Gasteiger partial charge in [-0.2, -0.15) is 0 Å². The summed E-state index contributed by atoms with van der Waals surface area (Å²) in [5, 5.41) is 10.5. The summed E-state index contributed by atoms with van der Waals surface area (Å²) in [5.41, 5.74) is 8.31. The van der Waals surface area contributed by atoms with E-state index in [0.717, 1.165) is 11.1 Å². The number of aliphatic imine (C=N–C) groups is 1. The van der Waals surface area contributed by atoms with E-state index < -0.39 is 0 Å². The maximum absolute atomic E-state index is 10.5. The van der Waals surface area contributed by atoms with Crippen LogP contribution >= 0.6 is 0 Å². The van der Waals surface area contributed by atoms with Crippen LogP contribution in [0.5, 0.6) is 5.75 Å². The topological polar surface area (TPSA) is 58.6 Å². The number of rotatable bonds is 3. The number of benzene rings is 1. The van der Waals surface area contributed by atoms with Crippen molar-refractivity contribution in [1.82, 2.24) is 0 Å². The Bertz CT molecular complexity index is 491. The van der Waals surface area contributed by atoms with Crippen molar-refractivity contribution in [1.29, 1.82) is 0 Å². The van der Waals surface area contributed by atoms with Gasteiger partial charge in [0.05, 0.1) is 6.54 Å². The Balaban J connectivity index is 3.43. The lowest BCUT2D eigenvalue weighted by Crippen LogP contribution is -2.17. The molecule has 0 aliphatic heterocycles. The van der Waals surface area contributed by atoms with Crippen LogP contribution in [0.1, 0.15) is 58.2 Å². The summed E-state index contributed by atoms with van der Waals surface area (Å²) in [6.07, 6.45) is 1.73. The Kier molecular flexibility index (Phi) is 4.98. The van der Waals surface area contributed by atoms with Crippen molar-refractivity contribution in [2.45, 2.75) is 52.4 Å². The van der Waals surface area contributed by atoms with Gasteiger partial charge in [0.15, 0.2) is 0 Å². The van der Waals surface area contributed by atoms with Gasteiger partial charge in [-0.25, -0.2) is 0 Å². The molecule has 0 aliphatic carbocycles. The van der Waals surface area contributed by atoms with Gasteiger partial charge in [0, 0.05) is 23.9 Å². The monoisotopic (exact) mass is 276 g/mol. The average Bonchev–Trinajstić information content (AvgIpc) is 2.28. The lowest BCUT2D eigenvalue weighted by molar-refractivity contribution is 0.444. The van der Waals surface area contributed by atoms with Gasteiger partial charge in [0.1, 0.15) is 5.75 Å². The maximum Gasteiger partial charge on any atom is 0.128 e. The Labute approximate surface area is 122 Å². The summed E-state index contributed by atoms with van der Waals surface area (Å²) in [6, 6.07) is 4.13. The van der Waals surface area contributed by atoms with Crippen molar-refractivity contribution in [2.75, 3.05) is 13.1 Å². The van der Waals surface area contributed by atoms with Gasteiger partial charge >= 0.3 is 0 Å². The highest BCUT2D eigenvalue weighted by molar-refractivity contribution is 5.85. The third-order valence-electron chi connectivity index (χ3n) is 3.30. The van der Waals surface area contributed by atoms with Gasteiger partial charge in [0.25, 0.3) is 0 Å². The minimum Gasteiger partial charge on any atom is -0.507 e. The highest BCUT2D eigenvalue weighted by atomic mass is 16.3. The molecular formula is C17H28N2O. The molecule has 0 bridgehead atoms. The Morgan fingerprint density at radius 3 is 2.15 bits per heavy atom. The van der Waals surface area contributed by atoms with E-state index in [1.165, 1.54) is 5.56 Å². The summed E-state index contributed by atoms with van der Waals surface area (Å²) in [7, 11) is 0. The van der Waals surface area contributed by atoms with Crippen LogP contribution in [-0.4, -0.2) is 24.4 Å². The summed E-state index contributed by atoms with van der Waals surface area (Å²) >= 11 is 0. The molecule has 0 saturated carbocycles. The van der Waals surface area contributed by atoms with Crippen molar-refractivity contribution in [2.24, 2.45) is 10.7 Å². The molecule has 3 heteroatoms. The van der Waals surface area contributed by atoms with E-state index in [-0.39, 0.29) is 10.8 Å². The number of hydrogen-bond acceptors (Lipinski definition) is 3. The molecule has 0 unspecified atom stereocenters. The van der Waals surface area contributed by atoms with Crippen molar-refractivity contribution in [3.8, 4) is 5.75 Å². The molecule has 0 aliphatic rings. The largest absolute Gasteiger partial charge is 0.507 e. The van der Waals surface area contributed by atoms with E-state index in [4.69, 9.17) is 5.73 Å². The number of phenolic OH excluding ortho intramolecular Hbond substituents is 1. The van der Waals surface area contributed by atoms with Gasteiger partial charge in [-0.3, -0.25) is 4.99 Å². The number of hydrogen-bond donors (Lipinski definition) is 2. The van der Waals surface area contributed by atoms with E-state index in [1.54, 1.807) is 6.21 Å². The van der Waals surface area contributed by atoms with Crippen LogP contribution < -0.4 is 5.73 Å². The molecule has 0 atom stereocenters. The lowest BCUT2D eigenvalue weighted by atomic mass is 9.79. The number of phenols is 1. The molecule has 3 N–H and O–H groups in total. The molecule has 1 rings (SSSR count). The predicted octanol–water partition coefficient (Wildman–Crippen LogP) is 3.36. The minimum absolute atomic E-state index is 0.0319. The van der Waals surface area contributed by atoms with Gasteiger partial charge < -0.3 is 10.8 Å². The molecule has 0 saturated heterocycles. The van der Waals surface area contributed by atoms with Gasteiger partial charge in [-0.05, 0) is 22.5 Å². The average molecular weight is 276 g/mol. The summed E-state index contributed by atoms with van der Waals surface area (Å²) < 4.78 is 0. The molecule has 3 nitrogen and oxygen atoms in total. The number of aromatic hydroxyl groups is 1. The molecule has 0 spiro atoms. The smallest absolute Gasteiger partial charge is 0.128 e. The highest BCUT2D eigenvalue weighted by Gasteiger charge is 2.24. The van der Waals surface area contributed by atoms with Crippen LogP contribution in [0.2, 0.25) is 0 Å². The zero-order valence-electron chi connectivity index (χ0n) is 13.6. The van der Waals surface area contributed by atoms with Gasteiger partial charge in [0.2, 0.25) is 0 Å². The van der Waals surface area contributed by atoms with Crippen LogP contribution in [0.15, 0.2) is 17.1 Å². The predicted molar refractivity (Wildman–Crippen MR) is 87.0 cm³/mol. The molecule has 0 amide bonds. The number of nitrogens with two attached hydrogens (primary N) is 1. The normalized spacial score (nSPS) is 13.2. The van der Waals surface area contributed by atoms with Crippen LogP contribution in [0, 0.1) is 0 Å². The standard InChI is InChI=1S/C17H28N2O/c1-16(2,3)13-9-12(11-19-8-7-18)15(20)14(10-13)17(4,5)6/h9-11,20H,7-8,18H2,1-6H3. The van der Waals surface area contributed by atoms with Crippen LogP contribution in [-0.2, 0) is 10.8 Å². The lowest BCUT2D eigenvalue weighted by Gasteiger charge is -2.26. The third kappa shape index (κ3) is 4.07. The molecular weight excluding hydrogens is 248 g/mol. The molecule has 0 heterocycles. The van der Waals surface area contributed by atoms with Crippen molar-refractivity contribution in [3.63, 3.8) is 0 Å². The zero-order chi connectivity index (χ0) is 15.6. The molecule has 20 heavy (non-hydrogen) atoms. The second-order valence-corrected chi connectivity index (χ2v) is 7.29. The number of nitrogens with zero attached hydrogens (tertiary/aromatic N) is 1. The first-order valence-corrected chi connectivity index (χ1v) is 7.15. The summed E-state index contributed by atoms with van der Waals surface area (Å²) in [5.74, 6) is 0.325. The first-order valence-electron chi connectivity index (χ1n) is 7.15. The van der Waals surface area contributed by atoms with Crippen molar-refractivity contribution >= 4 is 6.21 Å². The van der Waals surface area contributed by atoms with Crippen LogP contribution in [0.25, 0.3) is 0 Å². The van der Waals surface area contributed by atoms with E-state index in [0.29, 0.717) is 18.8 Å². The maximum atomic E-state index is 10.5. The molecule has 1 aromatic carbocycles. The molecule has 112 valence electrons. The Morgan fingerprint density at radius 1 is 1.10 bits per heavy atom. The summed E-state index contributed by atoms with van der Waals surface area (Å²) in [6.45, 7) is 13.9. The molecule has 0 radical (unpaired) electrons.